The van der Waals surface area contributed by atoms with E-state index in [0.717, 1.165) is 23.5 Å². The number of hydrogen-bond acceptors (Lipinski definition) is 8. The van der Waals surface area contributed by atoms with Gasteiger partial charge in [-0.1, -0.05) is 0 Å². The Labute approximate surface area is 211 Å². The van der Waals surface area contributed by atoms with E-state index in [4.69, 9.17) is 21.2 Å². The minimum absolute atomic E-state index is 0.0302. The highest BCUT2D eigenvalue weighted by Gasteiger charge is 2.48. The van der Waals surface area contributed by atoms with Gasteiger partial charge in [0.15, 0.2) is 0 Å². The number of pyridine rings is 2. The second-order valence-corrected chi connectivity index (χ2v) is 11.2. The van der Waals surface area contributed by atoms with Crippen LogP contribution < -0.4 is 21.7 Å². The van der Waals surface area contributed by atoms with Crippen LogP contribution >= 0.6 is 11.3 Å². The second kappa shape index (κ2) is 8.60. The average molecular weight is 515 g/mol. The predicted octanol–water partition coefficient (Wildman–Crippen LogP) is 2.70. The third-order valence-corrected chi connectivity index (χ3v) is 8.99. The number of fused-ring (bicyclic) bond motifs is 2. The molecule has 3 aromatic heterocycles. The van der Waals surface area contributed by atoms with Crippen molar-refractivity contribution in [2.24, 2.45) is 11.1 Å². The lowest BCUT2D eigenvalue weighted by Gasteiger charge is -2.28. The molecule has 190 valence electrons. The number of anilines is 2. The summed E-state index contributed by atoms with van der Waals surface area (Å²) in [6.45, 7) is 4.25. The maximum absolute atomic E-state index is 15.3. The number of aryl methyl sites for hydroxylation is 2. The largest absolute Gasteiger partial charge is 0.397 e. The molecule has 2 aliphatic heterocycles. The molecule has 3 unspecified atom stereocenters. The van der Waals surface area contributed by atoms with Crippen LogP contribution in [0.4, 0.5) is 20.3 Å². The van der Waals surface area contributed by atoms with Crippen molar-refractivity contribution >= 4 is 39.0 Å². The molecule has 2 saturated heterocycles. The average Bonchev–Trinajstić information content (AvgIpc) is 3.54. The van der Waals surface area contributed by atoms with Crippen molar-refractivity contribution in [3.63, 3.8) is 0 Å². The number of ether oxygens (including phenoxy) is 1. The standard InChI is InChI=1S/C25H28F2N6O2S/c1-12-16(26)7-15-21(29)22(36-24(15)30-12)23(34)31-13-2-3-18-14(6-13)17(27)8-20(32-18)33-9-19(28)25(10-33)4-5-35-11-25/h7-8,13,19H,2-6,9-11,28-29H2,1H3,(H,31,34). The van der Waals surface area contributed by atoms with Gasteiger partial charge in [0, 0.05) is 59.9 Å². The lowest BCUT2D eigenvalue weighted by Crippen LogP contribution is -2.40. The molecule has 2 fully saturated rings. The number of nitrogens with one attached hydrogen (secondary N) is 1. The van der Waals surface area contributed by atoms with Gasteiger partial charge in [0.2, 0.25) is 0 Å². The van der Waals surface area contributed by atoms with Crippen molar-refractivity contribution in [1.82, 2.24) is 15.3 Å². The van der Waals surface area contributed by atoms with Gasteiger partial charge >= 0.3 is 0 Å². The van der Waals surface area contributed by atoms with Gasteiger partial charge in [0.25, 0.3) is 5.91 Å². The highest BCUT2D eigenvalue weighted by atomic mass is 32.1. The molecule has 0 aromatic carbocycles. The number of aromatic nitrogens is 2. The first kappa shape index (κ1) is 23.5. The van der Waals surface area contributed by atoms with Gasteiger partial charge in [-0.15, -0.1) is 11.3 Å². The number of hydrogen-bond donors (Lipinski definition) is 3. The zero-order valence-corrected chi connectivity index (χ0v) is 20.8. The molecule has 5 N–H and O–H groups in total. The Hall–Kier alpha value is -2.89. The van der Waals surface area contributed by atoms with Crippen LogP contribution in [-0.2, 0) is 17.6 Å². The van der Waals surface area contributed by atoms with E-state index in [1.54, 1.807) is 6.92 Å². The summed E-state index contributed by atoms with van der Waals surface area (Å²) in [5, 5.41) is 3.41. The van der Waals surface area contributed by atoms with Gasteiger partial charge in [-0.25, -0.2) is 18.7 Å². The molecule has 0 bridgehead atoms. The van der Waals surface area contributed by atoms with E-state index in [-0.39, 0.29) is 45.5 Å². The second-order valence-electron chi connectivity index (χ2n) is 10.2. The maximum Gasteiger partial charge on any atom is 0.263 e. The smallest absolute Gasteiger partial charge is 0.263 e. The first-order chi connectivity index (χ1) is 17.2. The summed E-state index contributed by atoms with van der Waals surface area (Å²) in [6.07, 6.45) is 2.43. The Kier molecular flexibility index (Phi) is 5.62. The molecular formula is C25H28F2N6O2S. The molecule has 0 radical (unpaired) electrons. The third kappa shape index (κ3) is 3.80. The van der Waals surface area contributed by atoms with Crippen molar-refractivity contribution in [3.05, 3.63) is 45.6 Å². The third-order valence-electron chi connectivity index (χ3n) is 7.88. The molecule has 36 heavy (non-hydrogen) atoms. The zero-order valence-electron chi connectivity index (χ0n) is 19.9. The van der Waals surface area contributed by atoms with Gasteiger partial charge < -0.3 is 26.4 Å². The summed E-state index contributed by atoms with van der Waals surface area (Å²) < 4.78 is 34.8. The van der Waals surface area contributed by atoms with E-state index in [1.807, 2.05) is 0 Å². The molecule has 1 amide bonds. The van der Waals surface area contributed by atoms with Gasteiger partial charge in [-0.3, -0.25) is 4.79 Å². The van der Waals surface area contributed by atoms with Crippen LogP contribution in [0.25, 0.3) is 10.2 Å². The van der Waals surface area contributed by atoms with Crippen LogP contribution in [0.15, 0.2) is 12.1 Å². The molecule has 0 saturated carbocycles. The number of carbonyl (C=O) groups excluding carboxylic acids is 1. The fraction of sp³-hybridized carbons (Fsp3) is 0.480. The van der Waals surface area contributed by atoms with Gasteiger partial charge in [-0.2, -0.15) is 0 Å². The van der Waals surface area contributed by atoms with Crippen molar-refractivity contribution in [3.8, 4) is 0 Å². The fourth-order valence-electron chi connectivity index (χ4n) is 5.67. The Balaban J connectivity index is 1.18. The van der Waals surface area contributed by atoms with Crippen LogP contribution in [0.2, 0.25) is 0 Å². The molecule has 11 heteroatoms. The lowest BCUT2D eigenvalue weighted by atomic mass is 9.83. The first-order valence-corrected chi connectivity index (χ1v) is 13.0. The predicted molar refractivity (Wildman–Crippen MR) is 134 cm³/mol. The van der Waals surface area contributed by atoms with E-state index in [1.165, 1.54) is 12.1 Å². The highest BCUT2D eigenvalue weighted by molar-refractivity contribution is 7.21. The first-order valence-electron chi connectivity index (χ1n) is 12.2. The van der Waals surface area contributed by atoms with E-state index >= 15 is 4.39 Å². The number of thiophene rings is 1. The minimum Gasteiger partial charge on any atom is -0.397 e. The molecule has 8 nitrogen and oxygen atoms in total. The Morgan fingerprint density at radius 3 is 2.92 bits per heavy atom. The summed E-state index contributed by atoms with van der Waals surface area (Å²) in [5.74, 6) is -0.529. The van der Waals surface area contributed by atoms with Crippen molar-refractivity contribution in [2.45, 2.75) is 44.7 Å². The quantitative estimate of drug-likeness (QED) is 0.492. The van der Waals surface area contributed by atoms with Gasteiger partial charge in [0.05, 0.1) is 18.0 Å². The van der Waals surface area contributed by atoms with E-state index in [9.17, 15) is 9.18 Å². The van der Waals surface area contributed by atoms with Crippen LogP contribution in [-0.4, -0.2) is 54.3 Å². The van der Waals surface area contributed by atoms with E-state index < -0.39 is 5.82 Å². The highest BCUT2D eigenvalue weighted by Crippen LogP contribution is 2.40. The van der Waals surface area contributed by atoms with Crippen LogP contribution in [0.1, 0.15) is 39.5 Å². The fourth-order valence-corrected chi connectivity index (χ4v) is 6.70. The Morgan fingerprint density at radius 1 is 1.31 bits per heavy atom. The zero-order chi connectivity index (χ0) is 25.2. The molecular weight excluding hydrogens is 486 g/mol. The van der Waals surface area contributed by atoms with Crippen LogP contribution in [0, 0.1) is 24.0 Å². The number of nitrogens with two attached hydrogens (primary N) is 2. The number of rotatable bonds is 3. The topological polar surface area (TPSA) is 119 Å². The Morgan fingerprint density at radius 2 is 2.14 bits per heavy atom. The number of nitrogens with zero attached hydrogens (tertiary/aromatic N) is 3. The summed E-state index contributed by atoms with van der Waals surface area (Å²) in [4.78, 5) is 24.9. The lowest BCUT2D eigenvalue weighted by molar-refractivity contribution is 0.0938. The van der Waals surface area contributed by atoms with Crippen molar-refractivity contribution < 1.29 is 18.3 Å². The summed E-state index contributed by atoms with van der Waals surface area (Å²) in [5.41, 5.74) is 14.2. The normalized spacial score (nSPS) is 25.6. The van der Waals surface area contributed by atoms with Crippen LogP contribution in [0.3, 0.4) is 0 Å². The minimum atomic E-state index is -0.465. The molecule has 1 spiro atoms. The Bertz CT molecular complexity index is 1370. The molecule has 3 aliphatic rings. The number of halogens is 2. The SMILES string of the molecule is Cc1nc2sc(C(=O)NC3CCc4nc(N5CC(N)C6(CCOC6)C5)cc(F)c4C3)c(N)c2cc1F. The van der Waals surface area contributed by atoms with E-state index in [0.29, 0.717) is 67.2 Å². The van der Waals surface area contributed by atoms with Gasteiger partial charge in [0.1, 0.15) is 27.2 Å². The molecule has 1 aliphatic carbocycles. The number of amides is 1. The molecule has 5 heterocycles. The van der Waals surface area contributed by atoms with E-state index in [2.05, 4.69) is 15.2 Å². The number of carbonyl (C=O) groups is 1. The number of nitrogen functional groups attached to an aromatic ring is 1. The molecule has 6 rings (SSSR count). The summed E-state index contributed by atoms with van der Waals surface area (Å²) in [7, 11) is 0. The monoisotopic (exact) mass is 514 g/mol. The molecule has 3 aromatic rings. The molecule has 3 atom stereocenters. The van der Waals surface area contributed by atoms with Crippen LogP contribution in [0.5, 0.6) is 0 Å². The summed E-state index contributed by atoms with van der Waals surface area (Å²) >= 11 is 1.13. The van der Waals surface area contributed by atoms with Gasteiger partial charge in [-0.05, 0) is 38.7 Å². The summed E-state index contributed by atoms with van der Waals surface area (Å²) in [6, 6.07) is 2.50. The van der Waals surface area contributed by atoms with Crippen molar-refractivity contribution in [2.75, 3.05) is 36.9 Å². The maximum atomic E-state index is 15.3. The van der Waals surface area contributed by atoms with Crippen molar-refractivity contribution in [1.29, 1.82) is 0 Å².